The van der Waals surface area contributed by atoms with E-state index in [-0.39, 0.29) is 6.42 Å². The van der Waals surface area contributed by atoms with Crippen molar-refractivity contribution in [3.63, 3.8) is 0 Å². The van der Waals surface area contributed by atoms with Crippen LogP contribution in [0.3, 0.4) is 0 Å². The molecule has 5 heteroatoms. The maximum Gasteiger partial charge on any atom is 0.303 e. The van der Waals surface area contributed by atoms with Gasteiger partial charge in [-0.2, -0.15) is 0 Å². The summed E-state index contributed by atoms with van der Waals surface area (Å²) in [5.41, 5.74) is 0. The molecule has 0 aromatic rings. The smallest absolute Gasteiger partial charge is 0.303 e. The van der Waals surface area contributed by atoms with Gasteiger partial charge in [0.2, 0.25) is 5.79 Å². The summed E-state index contributed by atoms with van der Waals surface area (Å²) in [5, 5.41) is 8.52. The highest BCUT2D eigenvalue weighted by atomic mass is 16.7. The molecule has 0 saturated carbocycles. The van der Waals surface area contributed by atoms with Crippen LogP contribution in [0.15, 0.2) is 24.0 Å². The highest BCUT2D eigenvalue weighted by molar-refractivity contribution is 5.66. The molecule has 0 radical (unpaired) electrons. The highest BCUT2D eigenvalue weighted by Crippen LogP contribution is 2.25. The van der Waals surface area contributed by atoms with Crippen molar-refractivity contribution in [3.05, 3.63) is 24.0 Å². The van der Waals surface area contributed by atoms with E-state index < -0.39 is 11.8 Å². The maximum atomic E-state index is 10.4. The van der Waals surface area contributed by atoms with E-state index in [1.54, 1.807) is 19.3 Å². The van der Waals surface area contributed by atoms with E-state index in [4.69, 9.17) is 19.3 Å². The van der Waals surface area contributed by atoms with Crippen LogP contribution in [-0.4, -0.2) is 37.7 Å². The Balaban J connectivity index is 2.51. The minimum absolute atomic E-state index is 0.0877. The molecule has 0 amide bonds. The van der Waals surface area contributed by atoms with Crippen LogP contribution >= 0.6 is 0 Å². The van der Waals surface area contributed by atoms with Gasteiger partial charge in [0.15, 0.2) is 0 Å². The quantitative estimate of drug-likeness (QED) is 0.418. The molecule has 0 aromatic carbocycles. The Bertz CT molecular complexity index is 321. The summed E-state index contributed by atoms with van der Waals surface area (Å²) in [5.74, 6) is -0.984. The van der Waals surface area contributed by atoms with Crippen LogP contribution in [-0.2, 0) is 19.0 Å². The lowest BCUT2D eigenvalue weighted by molar-refractivity contribution is -0.159. The summed E-state index contributed by atoms with van der Waals surface area (Å²) >= 11 is 0. The molecule has 0 heterocycles. The van der Waals surface area contributed by atoms with Gasteiger partial charge in [0.05, 0.1) is 13.7 Å². The van der Waals surface area contributed by atoms with Crippen molar-refractivity contribution in [1.29, 1.82) is 0 Å². The number of hydrogen-bond acceptors (Lipinski definition) is 4. The van der Waals surface area contributed by atoms with Crippen LogP contribution in [0.1, 0.15) is 19.3 Å². The fourth-order valence-electron chi connectivity index (χ4n) is 1.54. The number of carboxylic acids is 1. The number of allylic oxidation sites excluding steroid dienone is 1. The van der Waals surface area contributed by atoms with Crippen LogP contribution in [0.4, 0.5) is 0 Å². The van der Waals surface area contributed by atoms with E-state index in [1.807, 2.05) is 6.08 Å². The molecule has 5 nitrogen and oxygen atoms in total. The predicted octanol–water partition coefficient (Wildman–Crippen LogP) is 1.70. The Labute approximate surface area is 101 Å². The second kappa shape index (κ2) is 6.42. The van der Waals surface area contributed by atoms with Crippen molar-refractivity contribution in [2.75, 3.05) is 20.8 Å². The van der Waals surface area contributed by atoms with Crippen LogP contribution in [0.25, 0.3) is 0 Å². The molecule has 0 bridgehead atoms. The predicted molar refractivity (Wildman–Crippen MR) is 61.4 cm³/mol. The summed E-state index contributed by atoms with van der Waals surface area (Å²) in [6, 6.07) is 0. The SMILES string of the molecule is COC1=CC(OC)(OCCCC(=O)O)C=CC1. The lowest BCUT2D eigenvalue weighted by atomic mass is 10.1. The first kappa shape index (κ1) is 13.7. The Morgan fingerprint density at radius 3 is 2.88 bits per heavy atom. The third-order valence-electron chi connectivity index (χ3n) is 2.48. The number of carbonyl (C=O) groups is 1. The second-order valence-electron chi connectivity index (χ2n) is 3.69. The molecule has 1 atom stereocenters. The van der Waals surface area contributed by atoms with E-state index in [9.17, 15) is 4.79 Å². The number of rotatable bonds is 7. The summed E-state index contributed by atoms with van der Waals surface area (Å²) in [4.78, 5) is 10.4. The maximum absolute atomic E-state index is 10.4. The third-order valence-corrected chi connectivity index (χ3v) is 2.48. The average Bonchev–Trinajstić information content (AvgIpc) is 2.35. The monoisotopic (exact) mass is 242 g/mol. The van der Waals surface area contributed by atoms with Gasteiger partial charge in [0.1, 0.15) is 5.76 Å². The van der Waals surface area contributed by atoms with Crippen molar-refractivity contribution in [3.8, 4) is 0 Å². The molecule has 96 valence electrons. The first-order chi connectivity index (χ1) is 8.12. The number of aliphatic carboxylic acids is 1. The number of carboxylic acid groups (broad SMARTS) is 1. The van der Waals surface area contributed by atoms with Crippen LogP contribution < -0.4 is 0 Å². The van der Waals surface area contributed by atoms with Crippen molar-refractivity contribution >= 4 is 5.97 Å². The van der Waals surface area contributed by atoms with Crippen LogP contribution in [0, 0.1) is 0 Å². The van der Waals surface area contributed by atoms with Gasteiger partial charge in [0, 0.05) is 26.0 Å². The van der Waals surface area contributed by atoms with E-state index in [0.717, 1.165) is 5.76 Å². The molecule has 1 rings (SSSR count). The lowest BCUT2D eigenvalue weighted by Gasteiger charge is -2.29. The zero-order chi connectivity index (χ0) is 12.7. The Hall–Kier alpha value is -1.33. The number of methoxy groups -OCH3 is 2. The van der Waals surface area contributed by atoms with Gasteiger partial charge in [-0.3, -0.25) is 4.79 Å². The van der Waals surface area contributed by atoms with Crippen molar-refractivity contribution < 1.29 is 24.1 Å². The van der Waals surface area contributed by atoms with Gasteiger partial charge in [-0.05, 0) is 12.5 Å². The van der Waals surface area contributed by atoms with Crippen molar-refractivity contribution in [2.45, 2.75) is 25.0 Å². The zero-order valence-electron chi connectivity index (χ0n) is 10.1. The van der Waals surface area contributed by atoms with Gasteiger partial charge < -0.3 is 19.3 Å². The van der Waals surface area contributed by atoms with Gasteiger partial charge >= 0.3 is 5.97 Å². The molecule has 0 saturated heterocycles. The van der Waals surface area contributed by atoms with E-state index in [2.05, 4.69) is 0 Å². The molecule has 1 aliphatic rings. The molecule has 17 heavy (non-hydrogen) atoms. The first-order valence-corrected chi connectivity index (χ1v) is 5.46. The van der Waals surface area contributed by atoms with Gasteiger partial charge in [-0.15, -0.1) is 0 Å². The topological polar surface area (TPSA) is 65.0 Å². The second-order valence-corrected chi connectivity index (χ2v) is 3.69. The van der Waals surface area contributed by atoms with Crippen LogP contribution in [0.2, 0.25) is 0 Å². The molecule has 1 aliphatic carbocycles. The van der Waals surface area contributed by atoms with E-state index in [0.29, 0.717) is 19.4 Å². The van der Waals surface area contributed by atoms with Crippen LogP contribution in [0.5, 0.6) is 0 Å². The minimum Gasteiger partial charge on any atom is -0.501 e. The average molecular weight is 242 g/mol. The molecule has 0 spiro atoms. The number of ether oxygens (including phenoxy) is 3. The summed E-state index contributed by atoms with van der Waals surface area (Å²) in [7, 11) is 3.13. The molecule has 1 N–H and O–H groups in total. The normalized spacial score (nSPS) is 23.3. The zero-order valence-corrected chi connectivity index (χ0v) is 10.1. The molecule has 0 aliphatic heterocycles. The number of hydrogen-bond donors (Lipinski definition) is 1. The summed E-state index contributed by atoms with van der Waals surface area (Å²) in [6.07, 6.45) is 6.71. The Morgan fingerprint density at radius 2 is 2.29 bits per heavy atom. The fourth-order valence-corrected chi connectivity index (χ4v) is 1.54. The first-order valence-electron chi connectivity index (χ1n) is 5.46. The van der Waals surface area contributed by atoms with Gasteiger partial charge in [0.25, 0.3) is 0 Å². The highest BCUT2D eigenvalue weighted by Gasteiger charge is 2.28. The molecular weight excluding hydrogens is 224 g/mol. The summed E-state index contributed by atoms with van der Waals surface area (Å²) in [6.45, 7) is 0.317. The largest absolute Gasteiger partial charge is 0.501 e. The lowest BCUT2D eigenvalue weighted by Crippen LogP contribution is -2.32. The van der Waals surface area contributed by atoms with Crippen molar-refractivity contribution in [2.24, 2.45) is 0 Å². The Kier molecular flexibility index (Phi) is 5.18. The van der Waals surface area contributed by atoms with E-state index >= 15 is 0 Å². The summed E-state index contributed by atoms with van der Waals surface area (Å²) < 4.78 is 16.0. The molecule has 0 aromatic heterocycles. The van der Waals surface area contributed by atoms with Crippen molar-refractivity contribution in [1.82, 2.24) is 0 Å². The van der Waals surface area contributed by atoms with E-state index in [1.165, 1.54) is 7.11 Å². The third kappa shape index (κ3) is 4.20. The minimum atomic E-state index is -0.928. The fraction of sp³-hybridized carbons (Fsp3) is 0.583. The van der Waals surface area contributed by atoms with Gasteiger partial charge in [-0.25, -0.2) is 0 Å². The molecule has 0 fully saturated rings. The molecular formula is C12H18O5. The standard InChI is InChI=1S/C12H18O5/c1-15-10-5-3-7-12(9-10,16-2)17-8-4-6-11(13)14/h3,7,9H,4-6,8H2,1-2H3,(H,13,14). The Morgan fingerprint density at radius 1 is 1.53 bits per heavy atom. The molecule has 1 unspecified atom stereocenters. The van der Waals surface area contributed by atoms with Gasteiger partial charge in [-0.1, -0.05) is 6.08 Å².